The second-order valence-electron chi connectivity index (χ2n) is 2.58. The van der Waals surface area contributed by atoms with Crippen LogP contribution in [0.4, 0.5) is 13.2 Å². The van der Waals surface area contributed by atoms with Gasteiger partial charge in [-0.15, -0.1) is 0 Å². The number of nitrogens with zero attached hydrogens (tertiary/aromatic N) is 2. The van der Waals surface area contributed by atoms with Gasteiger partial charge in [-0.3, -0.25) is 14.9 Å². The molecular weight excluding hydrogens is 201 g/mol. The van der Waals surface area contributed by atoms with Crippen molar-refractivity contribution in [1.82, 2.24) is 15.2 Å². The number of carbonyl (C=O) groups excluding carboxylic acids is 1. The van der Waals surface area contributed by atoms with Gasteiger partial charge in [-0.1, -0.05) is 0 Å². The van der Waals surface area contributed by atoms with Crippen molar-refractivity contribution < 1.29 is 18.0 Å². The van der Waals surface area contributed by atoms with E-state index in [1.54, 1.807) is 5.10 Å². The lowest BCUT2D eigenvalue weighted by Crippen LogP contribution is -2.33. The lowest BCUT2D eigenvalue weighted by Gasteiger charge is -2.05. The fourth-order valence-corrected chi connectivity index (χ4v) is 0.757. The Kier molecular flexibility index (Phi) is 2.47. The standard InChI is InChI=1S/C6H7F3N4O/c1-13(10)5(14)3-2-4(12-11-3)6(7,8)9/h2H,10H2,1H3,(H,11,12). The van der Waals surface area contributed by atoms with Crippen LogP contribution in [0.1, 0.15) is 16.2 Å². The monoisotopic (exact) mass is 208 g/mol. The summed E-state index contributed by atoms with van der Waals surface area (Å²) in [5.41, 5.74) is -1.45. The highest BCUT2D eigenvalue weighted by Gasteiger charge is 2.33. The van der Waals surface area contributed by atoms with Gasteiger partial charge in [0.1, 0.15) is 5.69 Å². The number of halogens is 3. The van der Waals surface area contributed by atoms with Crippen molar-refractivity contribution in [3.63, 3.8) is 0 Å². The van der Waals surface area contributed by atoms with Crippen molar-refractivity contribution in [2.45, 2.75) is 6.18 Å². The first-order valence-electron chi connectivity index (χ1n) is 3.47. The molecule has 0 spiro atoms. The zero-order valence-electron chi connectivity index (χ0n) is 7.09. The average molecular weight is 208 g/mol. The summed E-state index contributed by atoms with van der Waals surface area (Å²) in [5, 5.41) is 5.54. The van der Waals surface area contributed by atoms with Crippen molar-refractivity contribution in [3.05, 3.63) is 17.5 Å². The number of H-pyrrole nitrogens is 1. The number of amides is 1. The van der Waals surface area contributed by atoms with Gasteiger partial charge in [0.25, 0.3) is 5.91 Å². The molecule has 0 atom stereocenters. The lowest BCUT2D eigenvalue weighted by molar-refractivity contribution is -0.141. The molecule has 1 aromatic heterocycles. The number of alkyl halides is 3. The van der Waals surface area contributed by atoms with Crippen LogP contribution in [-0.4, -0.2) is 28.2 Å². The molecule has 0 saturated heterocycles. The number of hydrazine groups is 1. The molecule has 0 fully saturated rings. The van der Waals surface area contributed by atoms with E-state index in [1.807, 2.05) is 0 Å². The summed E-state index contributed by atoms with van der Waals surface area (Å²) in [7, 11) is 1.21. The second kappa shape index (κ2) is 3.29. The Morgan fingerprint density at radius 1 is 1.64 bits per heavy atom. The SMILES string of the molecule is CN(N)C(=O)c1cc(C(F)(F)F)[nH]n1. The van der Waals surface area contributed by atoms with Crippen LogP contribution < -0.4 is 5.84 Å². The van der Waals surface area contributed by atoms with Crippen molar-refractivity contribution >= 4 is 5.91 Å². The van der Waals surface area contributed by atoms with Crippen LogP contribution in [0.15, 0.2) is 6.07 Å². The van der Waals surface area contributed by atoms with E-state index in [9.17, 15) is 18.0 Å². The highest BCUT2D eigenvalue weighted by Crippen LogP contribution is 2.27. The lowest BCUT2D eigenvalue weighted by atomic mass is 10.3. The van der Waals surface area contributed by atoms with Crippen molar-refractivity contribution in [2.75, 3.05) is 7.05 Å². The minimum Gasteiger partial charge on any atom is -0.278 e. The van der Waals surface area contributed by atoms with E-state index in [0.29, 0.717) is 11.1 Å². The third-order valence-corrected chi connectivity index (χ3v) is 1.42. The molecule has 0 aliphatic carbocycles. The molecule has 0 bridgehead atoms. The third kappa shape index (κ3) is 2.02. The predicted molar refractivity (Wildman–Crippen MR) is 39.9 cm³/mol. The molecule has 3 N–H and O–H groups in total. The molecule has 5 nitrogen and oxygen atoms in total. The van der Waals surface area contributed by atoms with Crippen LogP contribution >= 0.6 is 0 Å². The number of nitrogens with two attached hydrogens (primary N) is 1. The number of rotatable bonds is 1. The van der Waals surface area contributed by atoms with Gasteiger partial charge in [-0.05, 0) is 0 Å². The molecule has 14 heavy (non-hydrogen) atoms. The summed E-state index contributed by atoms with van der Waals surface area (Å²) < 4.78 is 36.1. The molecule has 0 unspecified atom stereocenters. The van der Waals surface area contributed by atoms with E-state index in [2.05, 4.69) is 5.10 Å². The minimum absolute atomic E-state index is 0.373. The maximum Gasteiger partial charge on any atom is 0.432 e. The summed E-state index contributed by atoms with van der Waals surface area (Å²) in [6.07, 6.45) is -4.54. The predicted octanol–water partition coefficient (Wildman–Crippen LogP) is 0.374. The molecular formula is C6H7F3N4O. The fourth-order valence-electron chi connectivity index (χ4n) is 0.757. The van der Waals surface area contributed by atoms with Crippen LogP contribution in [-0.2, 0) is 6.18 Å². The zero-order chi connectivity index (χ0) is 10.9. The Balaban J connectivity index is 2.95. The first-order chi connectivity index (χ1) is 6.32. The van der Waals surface area contributed by atoms with Crippen LogP contribution in [0.25, 0.3) is 0 Å². The van der Waals surface area contributed by atoms with Gasteiger partial charge in [0.05, 0.1) is 0 Å². The first kappa shape index (κ1) is 10.5. The van der Waals surface area contributed by atoms with Crippen molar-refractivity contribution in [1.29, 1.82) is 0 Å². The number of aromatic amines is 1. The van der Waals surface area contributed by atoms with Gasteiger partial charge < -0.3 is 0 Å². The summed E-state index contributed by atoms with van der Waals surface area (Å²) in [5.74, 6) is 4.24. The summed E-state index contributed by atoms with van der Waals surface area (Å²) in [4.78, 5) is 11.0. The average Bonchev–Trinajstić information content (AvgIpc) is 2.49. The van der Waals surface area contributed by atoms with Gasteiger partial charge in [-0.25, -0.2) is 5.84 Å². The van der Waals surface area contributed by atoms with E-state index in [4.69, 9.17) is 5.84 Å². The second-order valence-corrected chi connectivity index (χ2v) is 2.58. The number of aromatic nitrogens is 2. The maximum absolute atomic E-state index is 12.0. The van der Waals surface area contributed by atoms with E-state index in [-0.39, 0.29) is 5.69 Å². The quantitative estimate of drug-likeness (QED) is 0.398. The Hall–Kier alpha value is -1.57. The molecule has 1 aromatic rings. The van der Waals surface area contributed by atoms with Gasteiger partial charge in [0.2, 0.25) is 0 Å². The van der Waals surface area contributed by atoms with E-state index in [1.165, 1.54) is 7.05 Å². The summed E-state index contributed by atoms with van der Waals surface area (Å²) in [6, 6.07) is 0.603. The van der Waals surface area contributed by atoms with Crippen LogP contribution in [0.2, 0.25) is 0 Å². The molecule has 0 radical (unpaired) electrons. The van der Waals surface area contributed by atoms with Gasteiger partial charge >= 0.3 is 6.18 Å². The Labute approximate surface area is 76.7 Å². The molecule has 0 aliphatic rings. The fraction of sp³-hybridized carbons (Fsp3) is 0.333. The minimum atomic E-state index is -4.54. The van der Waals surface area contributed by atoms with E-state index < -0.39 is 17.8 Å². The Morgan fingerprint density at radius 2 is 2.21 bits per heavy atom. The maximum atomic E-state index is 12.0. The number of nitrogens with one attached hydrogen (secondary N) is 1. The summed E-state index contributed by atoms with van der Waals surface area (Å²) >= 11 is 0. The molecule has 0 aromatic carbocycles. The Morgan fingerprint density at radius 3 is 2.57 bits per heavy atom. The van der Waals surface area contributed by atoms with Gasteiger partial charge in [0, 0.05) is 13.1 Å². The molecule has 8 heteroatoms. The molecule has 0 aliphatic heterocycles. The molecule has 1 amide bonds. The smallest absolute Gasteiger partial charge is 0.278 e. The van der Waals surface area contributed by atoms with E-state index >= 15 is 0 Å². The first-order valence-corrected chi connectivity index (χ1v) is 3.47. The third-order valence-electron chi connectivity index (χ3n) is 1.42. The molecule has 0 saturated carbocycles. The number of hydrogen-bond acceptors (Lipinski definition) is 3. The molecule has 1 rings (SSSR count). The normalized spacial score (nSPS) is 11.5. The molecule has 1 heterocycles. The van der Waals surface area contributed by atoms with Crippen molar-refractivity contribution in [3.8, 4) is 0 Å². The van der Waals surface area contributed by atoms with Crippen LogP contribution in [0, 0.1) is 0 Å². The highest BCUT2D eigenvalue weighted by molar-refractivity contribution is 5.91. The molecule has 78 valence electrons. The number of hydrogen-bond donors (Lipinski definition) is 2. The summed E-state index contributed by atoms with van der Waals surface area (Å²) in [6.45, 7) is 0. The van der Waals surface area contributed by atoms with E-state index in [0.717, 1.165) is 0 Å². The van der Waals surface area contributed by atoms with Gasteiger partial charge in [-0.2, -0.15) is 18.3 Å². The highest BCUT2D eigenvalue weighted by atomic mass is 19.4. The van der Waals surface area contributed by atoms with Crippen molar-refractivity contribution in [2.24, 2.45) is 5.84 Å². The topological polar surface area (TPSA) is 75.0 Å². The van der Waals surface area contributed by atoms with Crippen LogP contribution in [0.5, 0.6) is 0 Å². The Bertz CT molecular complexity index is 343. The zero-order valence-corrected chi connectivity index (χ0v) is 7.09. The van der Waals surface area contributed by atoms with Crippen LogP contribution in [0.3, 0.4) is 0 Å². The number of carbonyl (C=O) groups is 1. The largest absolute Gasteiger partial charge is 0.432 e. The van der Waals surface area contributed by atoms with Gasteiger partial charge in [0.15, 0.2) is 5.69 Å².